The lowest BCUT2D eigenvalue weighted by Gasteiger charge is -2.11. The second kappa shape index (κ2) is 11.9. The molecule has 2 aromatic heterocycles. The van der Waals surface area contributed by atoms with Gasteiger partial charge in [-0.05, 0) is 50.5 Å². The van der Waals surface area contributed by atoms with Crippen LogP contribution in [0.3, 0.4) is 0 Å². The monoisotopic (exact) mass is 651 g/mol. The fourth-order valence-corrected chi connectivity index (χ4v) is 7.19. The number of para-hydroxylation sites is 1. The summed E-state index contributed by atoms with van der Waals surface area (Å²) < 4.78 is 6.59. The quantitative estimate of drug-likeness (QED) is 0.174. The van der Waals surface area contributed by atoms with Crippen molar-refractivity contribution in [2.45, 2.75) is 0 Å². The Kier molecular flexibility index (Phi) is 6.78. The van der Waals surface area contributed by atoms with E-state index in [0.29, 0.717) is 17.5 Å². The maximum absolute atomic E-state index is 6.59. The number of rotatable bonds is 5. The van der Waals surface area contributed by atoms with Gasteiger partial charge in [0.15, 0.2) is 17.5 Å². The number of fused-ring (bicyclic) bond motifs is 8. The standard InChI is InChI=1S/C47H29N3O/c1-3-11-30(12-4-1)32-19-23-34(24-20-32)45-48-46(35-25-21-33(22-26-35)31-13-5-2-6-14-31)50-47(49-45)36-27-28-38-37-15-7-8-16-39(37)43-40-17-9-10-18-42(40)51-44(43)41(38)29-36/h1-29H. The van der Waals surface area contributed by atoms with Crippen LogP contribution in [0.4, 0.5) is 0 Å². The van der Waals surface area contributed by atoms with Crippen molar-refractivity contribution in [1.29, 1.82) is 0 Å². The van der Waals surface area contributed by atoms with Gasteiger partial charge in [-0.1, -0.05) is 164 Å². The molecule has 0 unspecified atom stereocenters. The molecule has 4 nitrogen and oxygen atoms in total. The average Bonchev–Trinajstić information content (AvgIpc) is 3.62. The van der Waals surface area contributed by atoms with Gasteiger partial charge in [-0.2, -0.15) is 0 Å². The minimum atomic E-state index is 0.605. The third-order valence-corrected chi connectivity index (χ3v) is 9.74. The zero-order chi connectivity index (χ0) is 33.7. The van der Waals surface area contributed by atoms with Crippen molar-refractivity contribution in [3.63, 3.8) is 0 Å². The lowest BCUT2D eigenvalue weighted by Crippen LogP contribution is -2.00. The fraction of sp³-hybridized carbons (Fsp3) is 0. The van der Waals surface area contributed by atoms with Crippen LogP contribution in [-0.2, 0) is 0 Å². The van der Waals surface area contributed by atoms with E-state index in [4.69, 9.17) is 19.4 Å². The molecule has 0 N–H and O–H groups in total. The SMILES string of the molecule is c1ccc(-c2ccc(-c3nc(-c4ccc(-c5ccccc5)cc4)nc(-c4ccc5c6ccccc6c6c7ccccc7oc6c5c4)n3)cc2)cc1. The van der Waals surface area contributed by atoms with Gasteiger partial charge in [0.25, 0.3) is 0 Å². The predicted molar refractivity (Wildman–Crippen MR) is 209 cm³/mol. The molecule has 0 aliphatic heterocycles. The summed E-state index contributed by atoms with van der Waals surface area (Å²) in [6.45, 7) is 0. The van der Waals surface area contributed by atoms with Crippen LogP contribution >= 0.6 is 0 Å². The zero-order valence-corrected chi connectivity index (χ0v) is 27.5. The molecule has 0 saturated carbocycles. The Labute approximate surface area is 294 Å². The highest BCUT2D eigenvalue weighted by Gasteiger charge is 2.18. The van der Waals surface area contributed by atoms with Gasteiger partial charge in [-0.15, -0.1) is 0 Å². The summed E-state index contributed by atoms with van der Waals surface area (Å²) in [6.07, 6.45) is 0. The summed E-state index contributed by atoms with van der Waals surface area (Å²) in [5, 5.41) is 6.76. The van der Waals surface area contributed by atoms with E-state index in [1.165, 1.54) is 21.9 Å². The predicted octanol–water partition coefficient (Wildman–Crippen LogP) is 12.4. The molecule has 0 aliphatic carbocycles. The molecule has 51 heavy (non-hydrogen) atoms. The van der Waals surface area contributed by atoms with Gasteiger partial charge < -0.3 is 4.42 Å². The first-order valence-corrected chi connectivity index (χ1v) is 17.1. The number of benzene rings is 8. The third kappa shape index (κ3) is 5.04. The van der Waals surface area contributed by atoms with Crippen LogP contribution in [0.1, 0.15) is 0 Å². The first kappa shape index (κ1) is 29.0. The van der Waals surface area contributed by atoms with E-state index in [2.05, 4.69) is 152 Å². The van der Waals surface area contributed by atoms with Gasteiger partial charge >= 0.3 is 0 Å². The van der Waals surface area contributed by atoms with Crippen LogP contribution in [0, 0.1) is 0 Å². The Balaban J connectivity index is 1.16. The smallest absolute Gasteiger partial charge is 0.164 e. The van der Waals surface area contributed by atoms with Gasteiger partial charge in [0.2, 0.25) is 0 Å². The highest BCUT2D eigenvalue weighted by Crippen LogP contribution is 2.42. The molecule has 0 saturated heterocycles. The van der Waals surface area contributed by atoms with Gasteiger partial charge in [-0.25, -0.2) is 15.0 Å². The molecule has 0 bridgehead atoms. The van der Waals surface area contributed by atoms with Crippen molar-refractivity contribution in [1.82, 2.24) is 15.0 Å². The van der Waals surface area contributed by atoms with Crippen LogP contribution < -0.4 is 0 Å². The largest absolute Gasteiger partial charge is 0.455 e. The zero-order valence-electron chi connectivity index (χ0n) is 27.5. The number of hydrogen-bond donors (Lipinski definition) is 0. The average molecular weight is 652 g/mol. The van der Waals surface area contributed by atoms with Gasteiger partial charge in [0.1, 0.15) is 11.2 Å². The summed E-state index contributed by atoms with van der Waals surface area (Å²) in [7, 11) is 0. The van der Waals surface area contributed by atoms with Crippen molar-refractivity contribution in [2.24, 2.45) is 0 Å². The summed E-state index contributed by atoms with van der Waals surface area (Å²) in [6, 6.07) is 60.9. The fourth-order valence-electron chi connectivity index (χ4n) is 7.19. The first-order valence-electron chi connectivity index (χ1n) is 17.1. The lowest BCUT2D eigenvalue weighted by molar-refractivity contribution is 0.673. The summed E-state index contributed by atoms with van der Waals surface area (Å²) in [5.74, 6) is 1.84. The Morgan fingerprint density at radius 2 is 0.706 bits per heavy atom. The molecule has 4 heteroatoms. The van der Waals surface area contributed by atoms with Crippen molar-refractivity contribution in [3.8, 4) is 56.4 Å². The number of aromatic nitrogens is 3. The maximum atomic E-state index is 6.59. The molecule has 0 radical (unpaired) electrons. The maximum Gasteiger partial charge on any atom is 0.164 e. The van der Waals surface area contributed by atoms with E-state index < -0.39 is 0 Å². The van der Waals surface area contributed by atoms with Crippen molar-refractivity contribution in [3.05, 3.63) is 176 Å². The van der Waals surface area contributed by atoms with E-state index in [9.17, 15) is 0 Å². The number of nitrogens with zero attached hydrogens (tertiary/aromatic N) is 3. The highest BCUT2D eigenvalue weighted by atomic mass is 16.3. The normalized spacial score (nSPS) is 11.5. The molecule has 0 atom stereocenters. The van der Waals surface area contributed by atoms with Crippen molar-refractivity contribution >= 4 is 43.5 Å². The minimum absolute atomic E-state index is 0.605. The number of hydrogen-bond acceptors (Lipinski definition) is 4. The topological polar surface area (TPSA) is 51.8 Å². The van der Waals surface area contributed by atoms with Crippen LogP contribution in [0.25, 0.3) is 99.9 Å². The molecule has 2 heterocycles. The van der Waals surface area contributed by atoms with Gasteiger partial charge in [0, 0.05) is 32.8 Å². The molecule has 8 aromatic carbocycles. The molecule has 0 aliphatic rings. The Hall–Kier alpha value is -6.91. The van der Waals surface area contributed by atoms with Crippen LogP contribution in [0.15, 0.2) is 180 Å². The third-order valence-electron chi connectivity index (χ3n) is 9.74. The summed E-state index contributed by atoms with van der Waals surface area (Å²) in [4.78, 5) is 15.3. The summed E-state index contributed by atoms with van der Waals surface area (Å²) >= 11 is 0. The highest BCUT2D eigenvalue weighted by molar-refractivity contribution is 6.30. The summed E-state index contributed by atoms with van der Waals surface area (Å²) in [5.41, 5.74) is 9.10. The number of furan rings is 1. The Morgan fingerprint density at radius 3 is 1.29 bits per heavy atom. The first-order chi connectivity index (χ1) is 25.3. The minimum Gasteiger partial charge on any atom is -0.455 e. The second-order valence-electron chi connectivity index (χ2n) is 12.8. The lowest BCUT2D eigenvalue weighted by atomic mass is 9.95. The van der Waals surface area contributed by atoms with E-state index in [1.807, 2.05) is 24.3 Å². The second-order valence-corrected chi connectivity index (χ2v) is 12.8. The van der Waals surface area contributed by atoms with Crippen LogP contribution in [0.2, 0.25) is 0 Å². The molecule has 10 rings (SSSR count). The molecule has 0 amide bonds. The molecule has 0 fully saturated rings. The molecule has 10 aromatic rings. The molecule has 0 spiro atoms. The molecular weight excluding hydrogens is 623 g/mol. The molecular formula is C47H29N3O. The van der Waals surface area contributed by atoms with Crippen LogP contribution in [0.5, 0.6) is 0 Å². The van der Waals surface area contributed by atoms with E-state index >= 15 is 0 Å². The van der Waals surface area contributed by atoms with E-state index in [1.54, 1.807) is 0 Å². The van der Waals surface area contributed by atoms with E-state index in [0.717, 1.165) is 60.5 Å². The Bertz CT molecular complexity index is 2780. The van der Waals surface area contributed by atoms with Crippen molar-refractivity contribution < 1.29 is 4.42 Å². The van der Waals surface area contributed by atoms with Gasteiger partial charge in [0.05, 0.1) is 0 Å². The van der Waals surface area contributed by atoms with E-state index in [-0.39, 0.29) is 0 Å². The van der Waals surface area contributed by atoms with Crippen molar-refractivity contribution in [2.75, 3.05) is 0 Å². The molecule has 238 valence electrons. The van der Waals surface area contributed by atoms with Crippen LogP contribution in [-0.4, -0.2) is 15.0 Å². The van der Waals surface area contributed by atoms with Gasteiger partial charge in [-0.3, -0.25) is 0 Å². The Morgan fingerprint density at radius 1 is 0.294 bits per heavy atom.